The molecule has 3 aromatic heterocycles. The smallest absolute Gasteiger partial charge is 0.294 e. The molecular weight excluding hydrogens is 448 g/mol. The van der Waals surface area contributed by atoms with Crippen molar-refractivity contribution in [3.8, 4) is 17.1 Å². The lowest BCUT2D eigenvalue weighted by Gasteiger charge is -2.29. The van der Waals surface area contributed by atoms with E-state index in [1.807, 2.05) is 24.1 Å². The minimum Gasteiger partial charge on any atom is -0.481 e. The Morgan fingerprint density at radius 1 is 1.11 bits per heavy atom. The summed E-state index contributed by atoms with van der Waals surface area (Å²) in [6.45, 7) is 8.47. The molecule has 35 heavy (non-hydrogen) atoms. The predicted molar refractivity (Wildman–Crippen MR) is 135 cm³/mol. The maximum absolute atomic E-state index is 13.6. The lowest BCUT2D eigenvalue weighted by molar-refractivity contribution is 0.0392. The number of anilines is 1. The molecule has 0 atom stereocenters. The molecule has 1 aliphatic rings. The van der Waals surface area contributed by atoms with Gasteiger partial charge in [0, 0.05) is 64.2 Å². The van der Waals surface area contributed by atoms with Crippen LogP contribution in [0.4, 0.5) is 5.82 Å². The SMILES string of the molecule is CCCOCCn1c(=O)c(N(C)CCN2CCOCC2)nc2cnc(-c3ccc(OC)nc3)cc21. The van der Waals surface area contributed by atoms with E-state index in [0.29, 0.717) is 49.2 Å². The summed E-state index contributed by atoms with van der Waals surface area (Å²) in [6, 6.07) is 5.58. The van der Waals surface area contributed by atoms with Crippen LogP contribution in [0, 0.1) is 0 Å². The van der Waals surface area contributed by atoms with Gasteiger partial charge >= 0.3 is 0 Å². The molecule has 3 aromatic rings. The number of rotatable bonds is 11. The molecule has 0 N–H and O–H groups in total. The third-order valence-electron chi connectivity index (χ3n) is 6.08. The van der Waals surface area contributed by atoms with Gasteiger partial charge in [0.05, 0.1) is 44.3 Å². The highest BCUT2D eigenvalue weighted by Crippen LogP contribution is 2.22. The Labute approximate surface area is 205 Å². The van der Waals surface area contributed by atoms with Crippen molar-refractivity contribution in [3.63, 3.8) is 0 Å². The van der Waals surface area contributed by atoms with Gasteiger partial charge in [-0.25, -0.2) is 9.97 Å². The average Bonchev–Trinajstić information content (AvgIpc) is 2.91. The normalized spacial score (nSPS) is 14.4. The molecule has 0 aliphatic carbocycles. The molecule has 1 aliphatic heterocycles. The summed E-state index contributed by atoms with van der Waals surface area (Å²) >= 11 is 0. The van der Waals surface area contributed by atoms with Crippen LogP contribution in [0.5, 0.6) is 5.88 Å². The largest absolute Gasteiger partial charge is 0.481 e. The zero-order valence-corrected chi connectivity index (χ0v) is 20.8. The number of hydrogen-bond acceptors (Lipinski definition) is 9. The van der Waals surface area contributed by atoms with Gasteiger partial charge in [0.1, 0.15) is 5.52 Å². The molecule has 188 valence electrons. The van der Waals surface area contributed by atoms with E-state index in [0.717, 1.165) is 50.3 Å². The summed E-state index contributed by atoms with van der Waals surface area (Å²) in [4.78, 5) is 31.5. The Morgan fingerprint density at radius 2 is 1.94 bits per heavy atom. The highest BCUT2D eigenvalue weighted by atomic mass is 16.5. The molecular formula is C25H34N6O4. The van der Waals surface area contributed by atoms with Gasteiger partial charge in [-0.3, -0.25) is 14.7 Å². The highest BCUT2D eigenvalue weighted by Gasteiger charge is 2.18. The second kappa shape index (κ2) is 12.1. The maximum atomic E-state index is 13.6. The van der Waals surface area contributed by atoms with Gasteiger partial charge < -0.3 is 23.7 Å². The van der Waals surface area contributed by atoms with Crippen molar-refractivity contribution in [2.24, 2.45) is 0 Å². The van der Waals surface area contributed by atoms with Crippen LogP contribution in [-0.2, 0) is 16.0 Å². The van der Waals surface area contributed by atoms with Gasteiger partial charge in [-0.15, -0.1) is 0 Å². The summed E-state index contributed by atoms with van der Waals surface area (Å²) in [7, 11) is 3.50. The lowest BCUT2D eigenvalue weighted by Crippen LogP contribution is -2.42. The summed E-state index contributed by atoms with van der Waals surface area (Å²) in [5.74, 6) is 0.952. The number of fused-ring (bicyclic) bond motifs is 1. The fourth-order valence-electron chi connectivity index (χ4n) is 4.04. The molecule has 0 amide bonds. The van der Waals surface area contributed by atoms with E-state index in [1.165, 1.54) is 0 Å². The van der Waals surface area contributed by atoms with Gasteiger partial charge in [-0.2, -0.15) is 0 Å². The molecule has 0 radical (unpaired) electrons. The van der Waals surface area contributed by atoms with E-state index in [-0.39, 0.29) is 5.56 Å². The quantitative estimate of drug-likeness (QED) is 0.381. The number of nitrogens with zero attached hydrogens (tertiary/aromatic N) is 6. The van der Waals surface area contributed by atoms with Gasteiger partial charge in [-0.05, 0) is 18.6 Å². The Bertz CT molecular complexity index is 1160. The van der Waals surface area contributed by atoms with Crippen molar-refractivity contribution in [1.29, 1.82) is 0 Å². The fraction of sp³-hybridized carbons (Fsp3) is 0.520. The summed E-state index contributed by atoms with van der Waals surface area (Å²) in [5.41, 5.74) is 2.80. The molecule has 0 spiro atoms. The fourth-order valence-corrected chi connectivity index (χ4v) is 4.04. The van der Waals surface area contributed by atoms with Crippen LogP contribution in [0.3, 0.4) is 0 Å². The van der Waals surface area contributed by atoms with Crippen LogP contribution in [-0.4, -0.2) is 91.2 Å². The van der Waals surface area contributed by atoms with Gasteiger partial charge in [-0.1, -0.05) is 6.92 Å². The van der Waals surface area contributed by atoms with Crippen molar-refractivity contribution in [2.75, 3.05) is 71.7 Å². The minimum absolute atomic E-state index is 0.132. The van der Waals surface area contributed by atoms with Crippen LogP contribution in [0.1, 0.15) is 13.3 Å². The average molecular weight is 483 g/mol. The molecule has 0 aromatic carbocycles. The van der Waals surface area contributed by atoms with Crippen molar-refractivity contribution < 1.29 is 14.2 Å². The van der Waals surface area contributed by atoms with E-state index in [2.05, 4.69) is 21.8 Å². The Kier molecular flexibility index (Phi) is 8.62. The van der Waals surface area contributed by atoms with E-state index in [9.17, 15) is 4.79 Å². The first-order valence-electron chi connectivity index (χ1n) is 12.1. The van der Waals surface area contributed by atoms with Gasteiger partial charge in [0.15, 0.2) is 5.82 Å². The third kappa shape index (κ3) is 6.14. The molecule has 10 nitrogen and oxygen atoms in total. The van der Waals surface area contributed by atoms with E-state index in [1.54, 1.807) is 30.1 Å². The zero-order chi connectivity index (χ0) is 24.6. The van der Waals surface area contributed by atoms with Crippen LogP contribution in [0.15, 0.2) is 35.4 Å². The number of hydrogen-bond donors (Lipinski definition) is 0. The summed E-state index contributed by atoms with van der Waals surface area (Å²) in [6.07, 6.45) is 4.36. The van der Waals surface area contributed by atoms with Crippen molar-refractivity contribution in [2.45, 2.75) is 19.9 Å². The van der Waals surface area contributed by atoms with Gasteiger partial charge in [0.2, 0.25) is 5.88 Å². The van der Waals surface area contributed by atoms with Crippen LogP contribution in [0.2, 0.25) is 0 Å². The second-order valence-corrected chi connectivity index (χ2v) is 8.53. The van der Waals surface area contributed by atoms with Crippen LogP contribution >= 0.6 is 0 Å². The zero-order valence-electron chi connectivity index (χ0n) is 20.8. The number of morpholine rings is 1. The highest BCUT2D eigenvalue weighted by molar-refractivity contribution is 5.80. The molecule has 0 saturated carbocycles. The lowest BCUT2D eigenvalue weighted by atomic mass is 10.2. The summed E-state index contributed by atoms with van der Waals surface area (Å²) in [5, 5.41) is 0. The van der Waals surface area contributed by atoms with Crippen molar-refractivity contribution in [3.05, 3.63) is 40.9 Å². The van der Waals surface area contributed by atoms with Gasteiger partial charge in [0.25, 0.3) is 5.56 Å². The first-order chi connectivity index (χ1) is 17.1. The van der Waals surface area contributed by atoms with Crippen molar-refractivity contribution in [1.82, 2.24) is 24.4 Å². The molecule has 0 bridgehead atoms. The van der Waals surface area contributed by atoms with E-state index < -0.39 is 0 Å². The van der Waals surface area contributed by atoms with E-state index in [4.69, 9.17) is 19.2 Å². The number of methoxy groups -OCH3 is 1. The number of pyridine rings is 2. The molecule has 10 heteroatoms. The Hall–Kier alpha value is -3.08. The molecule has 4 rings (SSSR count). The molecule has 4 heterocycles. The Morgan fingerprint density at radius 3 is 2.66 bits per heavy atom. The number of ether oxygens (including phenoxy) is 3. The number of aromatic nitrogens is 4. The van der Waals surface area contributed by atoms with Crippen molar-refractivity contribution >= 4 is 16.9 Å². The third-order valence-corrected chi connectivity index (χ3v) is 6.08. The minimum atomic E-state index is -0.132. The first kappa shape index (κ1) is 25.0. The first-order valence-corrected chi connectivity index (χ1v) is 12.1. The molecule has 1 fully saturated rings. The topological polar surface area (TPSA) is 94.8 Å². The number of likely N-dealkylation sites (N-methyl/N-ethyl adjacent to an activating group) is 1. The molecule has 1 saturated heterocycles. The predicted octanol–water partition coefficient (Wildman–Crippen LogP) is 2.06. The molecule has 0 unspecified atom stereocenters. The summed E-state index contributed by atoms with van der Waals surface area (Å²) < 4.78 is 18.0. The second-order valence-electron chi connectivity index (χ2n) is 8.53. The maximum Gasteiger partial charge on any atom is 0.294 e. The monoisotopic (exact) mass is 482 g/mol. The standard InChI is InChI=1S/C25H34N6O4/c1-4-12-34-15-11-31-22-16-20(19-5-6-23(33-3)27-17-19)26-18-21(22)28-24(25(31)32)29(2)7-8-30-9-13-35-14-10-30/h5-6,16-18H,4,7-15H2,1-3H3. The van der Waals surface area contributed by atoms with E-state index >= 15 is 0 Å². The van der Waals surface area contributed by atoms with Crippen LogP contribution < -0.4 is 15.2 Å². The van der Waals surface area contributed by atoms with Crippen LogP contribution in [0.25, 0.3) is 22.3 Å². The Balaban J connectivity index is 1.65.